The zero-order chi connectivity index (χ0) is 14.0. The highest BCUT2D eigenvalue weighted by Crippen LogP contribution is 2.44. The Morgan fingerprint density at radius 2 is 1.75 bits per heavy atom. The lowest BCUT2D eigenvalue weighted by Gasteiger charge is -2.41. The Bertz CT molecular complexity index is 575. The number of hydrogen-bond acceptors (Lipinski definition) is 1. The number of benzene rings is 2. The Morgan fingerprint density at radius 1 is 1.05 bits per heavy atom. The van der Waals surface area contributed by atoms with Crippen LogP contribution in [-0.4, -0.2) is 6.04 Å². The maximum atomic E-state index is 3.72. The summed E-state index contributed by atoms with van der Waals surface area (Å²) in [7, 11) is 0. The van der Waals surface area contributed by atoms with Crippen molar-refractivity contribution in [2.24, 2.45) is 0 Å². The van der Waals surface area contributed by atoms with Gasteiger partial charge in [-0.3, -0.25) is 0 Å². The van der Waals surface area contributed by atoms with Gasteiger partial charge in [-0.05, 0) is 30.0 Å². The first-order valence-electron chi connectivity index (χ1n) is 7.65. The molecule has 2 atom stereocenters. The van der Waals surface area contributed by atoms with Crippen molar-refractivity contribution in [1.82, 2.24) is 0 Å². The van der Waals surface area contributed by atoms with E-state index in [0.717, 1.165) is 0 Å². The Labute approximate surface area is 122 Å². The predicted octanol–water partition coefficient (Wildman–Crippen LogP) is 4.98. The van der Waals surface area contributed by atoms with Gasteiger partial charge in [-0.2, -0.15) is 0 Å². The van der Waals surface area contributed by atoms with Crippen molar-refractivity contribution in [2.45, 2.75) is 44.6 Å². The molecule has 2 aromatic rings. The van der Waals surface area contributed by atoms with E-state index in [2.05, 4.69) is 73.8 Å². The molecule has 104 valence electrons. The fraction of sp³-hybridized carbons (Fsp3) is 0.368. The van der Waals surface area contributed by atoms with E-state index in [-0.39, 0.29) is 5.41 Å². The van der Waals surface area contributed by atoms with Crippen molar-refractivity contribution in [1.29, 1.82) is 0 Å². The minimum absolute atomic E-state index is 0.114. The highest BCUT2D eigenvalue weighted by atomic mass is 14.9. The van der Waals surface area contributed by atoms with Gasteiger partial charge in [-0.1, -0.05) is 68.8 Å². The molecule has 1 heteroatoms. The molecule has 0 bridgehead atoms. The van der Waals surface area contributed by atoms with Crippen LogP contribution in [-0.2, 0) is 5.41 Å². The van der Waals surface area contributed by atoms with Crippen LogP contribution < -0.4 is 5.32 Å². The van der Waals surface area contributed by atoms with Crippen LogP contribution in [0.1, 0.15) is 44.2 Å². The second-order valence-electron chi connectivity index (χ2n) is 6.08. The summed E-state index contributed by atoms with van der Waals surface area (Å²) >= 11 is 0. The van der Waals surface area contributed by atoms with Crippen LogP contribution in [0.15, 0.2) is 54.6 Å². The molecule has 1 nitrogen and oxygen atoms in total. The molecule has 1 aliphatic rings. The third-order valence-corrected chi connectivity index (χ3v) is 4.58. The molecule has 3 rings (SSSR count). The molecular formula is C19H23N. The van der Waals surface area contributed by atoms with Gasteiger partial charge in [0.05, 0.1) is 0 Å². The van der Waals surface area contributed by atoms with Crippen molar-refractivity contribution < 1.29 is 0 Å². The van der Waals surface area contributed by atoms with Gasteiger partial charge < -0.3 is 5.32 Å². The predicted molar refractivity (Wildman–Crippen MR) is 86.3 cm³/mol. The lowest BCUT2D eigenvalue weighted by molar-refractivity contribution is 0.433. The third kappa shape index (κ3) is 2.22. The minimum Gasteiger partial charge on any atom is -0.382 e. The van der Waals surface area contributed by atoms with Crippen LogP contribution in [0.3, 0.4) is 0 Å². The zero-order valence-corrected chi connectivity index (χ0v) is 12.4. The van der Waals surface area contributed by atoms with Crippen LogP contribution in [0.2, 0.25) is 0 Å². The summed E-state index contributed by atoms with van der Waals surface area (Å²) in [6.45, 7) is 4.66. The summed E-state index contributed by atoms with van der Waals surface area (Å²) in [5, 5.41) is 3.72. The summed E-state index contributed by atoms with van der Waals surface area (Å²) < 4.78 is 0. The molecule has 1 N–H and O–H groups in total. The molecule has 0 fully saturated rings. The highest BCUT2D eigenvalue weighted by Gasteiger charge is 2.37. The maximum Gasteiger partial charge on any atom is 0.0383 e. The summed E-state index contributed by atoms with van der Waals surface area (Å²) in [6, 6.07) is 20.3. The fourth-order valence-electron chi connectivity index (χ4n) is 3.57. The molecule has 0 amide bonds. The fourth-order valence-corrected chi connectivity index (χ4v) is 3.57. The molecule has 0 aromatic heterocycles. The van der Waals surface area contributed by atoms with E-state index in [9.17, 15) is 0 Å². The molecule has 1 aliphatic heterocycles. The molecule has 1 heterocycles. The second-order valence-corrected chi connectivity index (χ2v) is 6.08. The Morgan fingerprint density at radius 3 is 2.50 bits per heavy atom. The highest BCUT2D eigenvalue weighted by molar-refractivity contribution is 5.61. The van der Waals surface area contributed by atoms with E-state index in [0.29, 0.717) is 6.04 Å². The van der Waals surface area contributed by atoms with Gasteiger partial charge in [-0.15, -0.1) is 0 Å². The lowest BCUT2D eigenvalue weighted by atomic mass is 9.69. The second kappa shape index (κ2) is 5.32. The van der Waals surface area contributed by atoms with Crippen LogP contribution in [0.4, 0.5) is 5.69 Å². The van der Waals surface area contributed by atoms with E-state index in [4.69, 9.17) is 0 Å². The number of rotatable bonds is 3. The van der Waals surface area contributed by atoms with Gasteiger partial charge in [-0.25, -0.2) is 0 Å². The first-order valence-corrected chi connectivity index (χ1v) is 7.65. The Kier molecular flexibility index (Phi) is 3.52. The largest absolute Gasteiger partial charge is 0.382 e. The van der Waals surface area contributed by atoms with Crippen molar-refractivity contribution in [3.05, 3.63) is 65.7 Å². The normalized spacial score (nSPS) is 24.8. The summed E-state index contributed by atoms with van der Waals surface area (Å²) in [5.41, 5.74) is 4.28. The van der Waals surface area contributed by atoms with Crippen molar-refractivity contribution >= 4 is 5.69 Å². The molecule has 0 saturated carbocycles. The SMILES string of the molecule is CCCC1CC(C)(c2ccccc2)c2ccccc2N1. The van der Waals surface area contributed by atoms with Gasteiger partial charge in [0.2, 0.25) is 0 Å². The van der Waals surface area contributed by atoms with Gasteiger partial charge in [0, 0.05) is 17.1 Å². The van der Waals surface area contributed by atoms with Gasteiger partial charge in [0.15, 0.2) is 0 Å². The van der Waals surface area contributed by atoms with Crippen LogP contribution in [0.5, 0.6) is 0 Å². The first kappa shape index (κ1) is 13.2. The maximum absolute atomic E-state index is 3.72. The monoisotopic (exact) mass is 265 g/mol. The van der Waals surface area contributed by atoms with Gasteiger partial charge >= 0.3 is 0 Å². The molecule has 0 aliphatic carbocycles. The number of anilines is 1. The average Bonchev–Trinajstić information content (AvgIpc) is 2.49. The van der Waals surface area contributed by atoms with E-state index in [1.54, 1.807) is 0 Å². The topological polar surface area (TPSA) is 12.0 Å². The van der Waals surface area contributed by atoms with Crippen molar-refractivity contribution in [3.8, 4) is 0 Å². The Balaban J connectivity index is 2.09. The van der Waals surface area contributed by atoms with E-state index in [1.807, 2.05) is 0 Å². The van der Waals surface area contributed by atoms with Crippen molar-refractivity contribution in [3.63, 3.8) is 0 Å². The quantitative estimate of drug-likeness (QED) is 0.825. The molecular weight excluding hydrogens is 242 g/mol. The van der Waals surface area contributed by atoms with E-state index in [1.165, 1.54) is 36.1 Å². The zero-order valence-electron chi connectivity index (χ0n) is 12.4. The van der Waals surface area contributed by atoms with Gasteiger partial charge in [0.1, 0.15) is 0 Å². The van der Waals surface area contributed by atoms with E-state index >= 15 is 0 Å². The summed E-state index contributed by atoms with van der Waals surface area (Å²) in [6.07, 6.45) is 3.63. The summed E-state index contributed by atoms with van der Waals surface area (Å²) in [5.74, 6) is 0. The molecule has 0 spiro atoms. The lowest BCUT2D eigenvalue weighted by Crippen LogP contribution is -2.38. The van der Waals surface area contributed by atoms with Gasteiger partial charge in [0.25, 0.3) is 0 Å². The summed E-state index contributed by atoms with van der Waals surface area (Å²) in [4.78, 5) is 0. The minimum atomic E-state index is 0.114. The molecule has 2 aromatic carbocycles. The molecule has 0 radical (unpaired) electrons. The number of nitrogens with one attached hydrogen (secondary N) is 1. The average molecular weight is 265 g/mol. The third-order valence-electron chi connectivity index (χ3n) is 4.58. The number of para-hydroxylation sites is 1. The van der Waals surface area contributed by atoms with Crippen molar-refractivity contribution in [2.75, 3.05) is 5.32 Å². The molecule has 20 heavy (non-hydrogen) atoms. The molecule has 2 unspecified atom stereocenters. The van der Waals surface area contributed by atoms with Crippen LogP contribution in [0, 0.1) is 0 Å². The van der Waals surface area contributed by atoms with Crippen LogP contribution in [0.25, 0.3) is 0 Å². The smallest absolute Gasteiger partial charge is 0.0383 e. The van der Waals surface area contributed by atoms with Crippen LogP contribution >= 0.6 is 0 Å². The standard InChI is InChI=1S/C19H23N/c1-3-9-16-14-19(2,15-10-5-4-6-11-15)17-12-7-8-13-18(17)20-16/h4-8,10-13,16,20H,3,9,14H2,1-2H3. The first-order chi connectivity index (χ1) is 9.74. The number of hydrogen-bond donors (Lipinski definition) is 1. The number of fused-ring (bicyclic) bond motifs is 1. The molecule has 0 saturated heterocycles. The van der Waals surface area contributed by atoms with E-state index < -0.39 is 0 Å². The Hall–Kier alpha value is -1.76.